The molecule has 1 aromatic rings. The van der Waals surface area contributed by atoms with Crippen LogP contribution < -0.4 is 0 Å². The summed E-state index contributed by atoms with van der Waals surface area (Å²) in [6.45, 7) is 3.26. The van der Waals surface area contributed by atoms with Crippen LogP contribution in [-0.4, -0.2) is 28.6 Å². The van der Waals surface area contributed by atoms with E-state index in [4.69, 9.17) is 0 Å². The number of carbonyl (C=O) groups excluding carboxylic acids is 1. The second kappa shape index (κ2) is 4.33. The average molecular weight is 225 g/mol. The molecule has 1 fully saturated rings. The lowest BCUT2D eigenvalue weighted by Gasteiger charge is -2.13. The second-order valence-electron chi connectivity index (χ2n) is 3.85. The molecule has 82 valence electrons. The minimum absolute atomic E-state index is 0.0638. The van der Waals surface area contributed by atoms with Crippen molar-refractivity contribution in [2.75, 3.05) is 6.54 Å². The van der Waals surface area contributed by atoms with Crippen LogP contribution in [0.4, 0.5) is 0 Å². The molecule has 0 aliphatic carbocycles. The molecule has 1 saturated heterocycles. The number of hydrogen-bond donors (Lipinski definition) is 1. The van der Waals surface area contributed by atoms with Gasteiger partial charge in [-0.1, -0.05) is 6.92 Å². The molecule has 2 rings (SSSR count). The van der Waals surface area contributed by atoms with Gasteiger partial charge in [-0.05, 0) is 18.6 Å². The molecule has 0 bridgehead atoms. The number of aliphatic hydroxyl groups excluding tert-OH is 1. The number of aliphatic hydroxyl groups is 1. The third kappa shape index (κ3) is 2.38. The zero-order valence-electron chi connectivity index (χ0n) is 8.77. The average Bonchev–Trinajstić information content (AvgIpc) is 2.75. The molecule has 0 radical (unpaired) electrons. The number of likely N-dealkylation sites (tertiary alicyclic amines) is 1. The van der Waals surface area contributed by atoms with Gasteiger partial charge in [0.25, 0.3) is 0 Å². The van der Waals surface area contributed by atoms with Crippen LogP contribution in [0.5, 0.6) is 0 Å². The first-order valence-electron chi connectivity index (χ1n) is 5.22. The first-order chi connectivity index (χ1) is 7.19. The molecule has 1 aliphatic heterocycles. The largest absolute Gasteiger partial charge is 0.391 e. The number of amides is 1. The topological polar surface area (TPSA) is 40.5 Å². The van der Waals surface area contributed by atoms with Crippen molar-refractivity contribution < 1.29 is 9.90 Å². The normalized spacial score (nSPS) is 21.3. The van der Waals surface area contributed by atoms with Crippen molar-refractivity contribution in [3.63, 3.8) is 0 Å². The van der Waals surface area contributed by atoms with Crippen LogP contribution in [0, 0.1) is 0 Å². The van der Waals surface area contributed by atoms with E-state index in [9.17, 15) is 9.90 Å². The predicted molar refractivity (Wildman–Crippen MR) is 59.7 cm³/mol. The third-order valence-corrected chi connectivity index (χ3v) is 3.82. The number of nitrogens with zero attached hydrogens (tertiary/aromatic N) is 1. The third-order valence-electron chi connectivity index (χ3n) is 2.61. The molecule has 0 spiro atoms. The zero-order valence-corrected chi connectivity index (χ0v) is 9.59. The summed E-state index contributed by atoms with van der Waals surface area (Å²) in [5, 5.41) is 9.34. The van der Waals surface area contributed by atoms with Crippen molar-refractivity contribution in [3.05, 3.63) is 21.9 Å². The van der Waals surface area contributed by atoms with E-state index in [0.717, 1.165) is 6.42 Å². The summed E-state index contributed by atoms with van der Waals surface area (Å²) in [6.07, 6.45) is 0.857. The van der Waals surface area contributed by atoms with Gasteiger partial charge in [-0.3, -0.25) is 4.79 Å². The SMILES string of the molecule is CCc1ccc(CN2CC(O)CC2=O)s1. The zero-order chi connectivity index (χ0) is 10.8. The van der Waals surface area contributed by atoms with E-state index >= 15 is 0 Å². The molecular weight excluding hydrogens is 210 g/mol. The first kappa shape index (κ1) is 10.6. The Balaban J connectivity index is 1.99. The maximum Gasteiger partial charge on any atom is 0.225 e. The monoisotopic (exact) mass is 225 g/mol. The highest BCUT2D eigenvalue weighted by atomic mass is 32.1. The van der Waals surface area contributed by atoms with E-state index in [0.29, 0.717) is 13.1 Å². The van der Waals surface area contributed by atoms with Gasteiger partial charge >= 0.3 is 0 Å². The molecule has 15 heavy (non-hydrogen) atoms. The Morgan fingerprint density at radius 3 is 2.80 bits per heavy atom. The maximum absolute atomic E-state index is 11.4. The Bertz CT molecular complexity index is 361. The highest BCUT2D eigenvalue weighted by molar-refractivity contribution is 7.11. The lowest BCUT2D eigenvalue weighted by atomic mass is 10.3. The summed E-state index contributed by atoms with van der Waals surface area (Å²) in [6, 6.07) is 4.18. The predicted octanol–water partition coefficient (Wildman–Crippen LogP) is 1.40. The fourth-order valence-corrected chi connectivity index (χ4v) is 2.76. The fourth-order valence-electron chi connectivity index (χ4n) is 1.79. The molecule has 0 aromatic carbocycles. The van der Waals surface area contributed by atoms with E-state index < -0.39 is 6.10 Å². The van der Waals surface area contributed by atoms with E-state index in [1.807, 2.05) is 0 Å². The molecule has 4 heteroatoms. The van der Waals surface area contributed by atoms with Gasteiger partial charge in [0.15, 0.2) is 0 Å². The van der Waals surface area contributed by atoms with Gasteiger partial charge in [-0.2, -0.15) is 0 Å². The van der Waals surface area contributed by atoms with Gasteiger partial charge in [0.1, 0.15) is 0 Å². The van der Waals surface area contributed by atoms with Gasteiger partial charge in [0.2, 0.25) is 5.91 Å². The van der Waals surface area contributed by atoms with Crippen LogP contribution in [0.2, 0.25) is 0 Å². The quantitative estimate of drug-likeness (QED) is 0.845. The van der Waals surface area contributed by atoms with Gasteiger partial charge in [0.05, 0.1) is 19.1 Å². The number of β-amino-alcohol motifs (C(OH)–C–C–N with tert-alkyl or cyclic N) is 1. The van der Waals surface area contributed by atoms with Gasteiger partial charge in [0, 0.05) is 16.3 Å². The fraction of sp³-hybridized carbons (Fsp3) is 0.545. The minimum atomic E-state index is -0.469. The van der Waals surface area contributed by atoms with Crippen molar-refractivity contribution in [2.45, 2.75) is 32.4 Å². The Labute approximate surface area is 93.3 Å². The molecule has 1 atom stereocenters. The van der Waals surface area contributed by atoms with Crippen LogP contribution in [0.25, 0.3) is 0 Å². The van der Waals surface area contributed by atoms with Crippen LogP contribution in [0.3, 0.4) is 0 Å². The number of carbonyl (C=O) groups is 1. The lowest BCUT2D eigenvalue weighted by Crippen LogP contribution is -2.24. The number of aryl methyl sites for hydroxylation is 1. The Hall–Kier alpha value is -0.870. The minimum Gasteiger partial charge on any atom is -0.391 e. The van der Waals surface area contributed by atoms with Crippen LogP contribution >= 0.6 is 11.3 Å². The van der Waals surface area contributed by atoms with Crippen molar-refractivity contribution in [3.8, 4) is 0 Å². The number of rotatable bonds is 3. The van der Waals surface area contributed by atoms with Gasteiger partial charge in [-0.25, -0.2) is 0 Å². The summed E-state index contributed by atoms with van der Waals surface area (Å²) >= 11 is 1.75. The highest BCUT2D eigenvalue weighted by Crippen LogP contribution is 2.21. The Morgan fingerprint density at radius 1 is 1.53 bits per heavy atom. The molecule has 2 heterocycles. The Kier molecular flexibility index (Phi) is 3.07. The molecule has 0 saturated carbocycles. The molecule has 3 nitrogen and oxygen atoms in total. The van der Waals surface area contributed by atoms with E-state index in [1.54, 1.807) is 16.2 Å². The molecule has 1 unspecified atom stereocenters. The summed E-state index contributed by atoms with van der Waals surface area (Å²) in [4.78, 5) is 15.7. The van der Waals surface area contributed by atoms with Crippen molar-refractivity contribution >= 4 is 17.2 Å². The van der Waals surface area contributed by atoms with Gasteiger partial charge < -0.3 is 10.0 Å². The lowest BCUT2D eigenvalue weighted by molar-refractivity contribution is -0.128. The summed E-state index contributed by atoms with van der Waals surface area (Å²) in [7, 11) is 0. The van der Waals surface area contributed by atoms with E-state index in [2.05, 4.69) is 19.1 Å². The summed E-state index contributed by atoms with van der Waals surface area (Å²) in [5.74, 6) is 0.0638. The Morgan fingerprint density at radius 2 is 2.27 bits per heavy atom. The molecule has 1 N–H and O–H groups in total. The molecular formula is C11H15NO2S. The smallest absolute Gasteiger partial charge is 0.225 e. The first-order valence-corrected chi connectivity index (χ1v) is 6.04. The second-order valence-corrected chi connectivity index (χ2v) is 5.11. The standard InChI is InChI=1S/C11H15NO2S/c1-2-9-3-4-10(15-9)7-12-6-8(13)5-11(12)14/h3-4,8,13H,2,5-7H2,1H3. The van der Waals surface area contributed by atoms with Crippen molar-refractivity contribution in [1.82, 2.24) is 4.90 Å². The van der Waals surface area contributed by atoms with Crippen molar-refractivity contribution in [1.29, 1.82) is 0 Å². The molecule has 1 aromatic heterocycles. The molecule has 1 aliphatic rings. The molecule has 1 amide bonds. The number of hydrogen-bond acceptors (Lipinski definition) is 3. The van der Waals surface area contributed by atoms with E-state index in [1.165, 1.54) is 9.75 Å². The van der Waals surface area contributed by atoms with Crippen LogP contribution in [0.15, 0.2) is 12.1 Å². The van der Waals surface area contributed by atoms with Gasteiger partial charge in [-0.15, -0.1) is 11.3 Å². The summed E-state index contributed by atoms with van der Waals surface area (Å²) in [5.41, 5.74) is 0. The van der Waals surface area contributed by atoms with Crippen LogP contribution in [0.1, 0.15) is 23.1 Å². The maximum atomic E-state index is 11.4. The summed E-state index contributed by atoms with van der Waals surface area (Å²) < 4.78 is 0. The van der Waals surface area contributed by atoms with Crippen LogP contribution in [-0.2, 0) is 17.8 Å². The van der Waals surface area contributed by atoms with E-state index in [-0.39, 0.29) is 12.3 Å². The van der Waals surface area contributed by atoms with Crippen molar-refractivity contribution in [2.24, 2.45) is 0 Å². The highest BCUT2D eigenvalue weighted by Gasteiger charge is 2.27. The number of thiophene rings is 1.